The van der Waals surface area contributed by atoms with Crippen molar-refractivity contribution >= 4 is 51.4 Å². The second-order valence-corrected chi connectivity index (χ2v) is 8.30. The lowest BCUT2D eigenvalue weighted by Crippen LogP contribution is -2.24. The normalized spacial score (nSPS) is 11.1. The molecule has 2 aromatic carbocycles. The van der Waals surface area contributed by atoms with Crippen LogP contribution in [0.4, 0.5) is 5.69 Å². The van der Waals surface area contributed by atoms with Crippen molar-refractivity contribution in [2.45, 2.75) is 31.5 Å². The first-order chi connectivity index (χ1) is 16.0. The van der Waals surface area contributed by atoms with Gasteiger partial charge in [-0.15, -0.1) is 0 Å². The van der Waals surface area contributed by atoms with Gasteiger partial charge in [0.05, 0.1) is 24.1 Å². The molecule has 0 fully saturated rings. The zero-order valence-electron chi connectivity index (χ0n) is 18.3. The molecule has 1 N–H and O–H groups in total. The summed E-state index contributed by atoms with van der Waals surface area (Å²) in [5.41, 5.74) is 1.67. The number of thioether (sulfide) groups is 1. The Hall–Kier alpha value is -3.59. The molecule has 0 bridgehead atoms. The van der Waals surface area contributed by atoms with E-state index in [1.165, 1.54) is 18.9 Å². The standard InChI is InChI=1S/C24H23N3O5S/c1-3-4-13-27-22(29)21-20(16-10-6-8-12-18(16)32-21)26-24(27)33-14-19(28)25-17-11-7-5-9-15(17)23(30)31-2/h5-12H,3-4,13-14H2,1-2H3,(H,25,28). The van der Waals surface area contributed by atoms with Gasteiger partial charge in [0.2, 0.25) is 11.5 Å². The van der Waals surface area contributed by atoms with E-state index in [1.807, 2.05) is 25.1 Å². The molecule has 0 aliphatic rings. The van der Waals surface area contributed by atoms with Gasteiger partial charge in [-0.1, -0.05) is 49.4 Å². The highest BCUT2D eigenvalue weighted by Gasteiger charge is 2.19. The highest BCUT2D eigenvalue weighted by molar-refractivity contribution is 7.99. The molecule has 0 unspecified atom stereocenters. The lowest BCUT2D eigenvalue weighted by Gasteiger charge is -2.12. The highest BCUT2D eigenvalue weighted by atomic mass is 32.2. The minimum Gasteiger partial charge on any atom is -0.465 e. The van der Waals surface area contributed by atoms with E-state index >= 15 is 0 Å². The fourth-order valence-electron chi connectivity index (χ4n) is 3.47. The third kappa shape index (κ3) is 4.63. The first-order valence-corrected chi connectivity index (χ1v) is 11.5. The molecular formula is C24H23N3O5S. The van der Waals surface area contributed by atoms with Crippen LogP contribution in [-0.2, 0) is 16.1 Å². The highest BCUT2D eigenvalue weighted by Crippen LogP contribution is 2.27. The Balaban J connectivity index is 1.62. The van der Waals surface area contributed by atoms with E-state index in [-0.39, 0.29) is 28.4 Å². The van der Waals surface area contributed by atoms with E-state index in [2.05, 4.69) is 5.32 Å². The molecule has 0 radical (unpaired) electrons. The number of ether oxygens (including phenoxy) is 1. The Morgan fingerprint density at radius 1 is 1.15 bits per heavy atom. The van der Waals surface area contributed by atoms with Gasteiger partial charge in [0.15, 0.2) is 5.16 Å². The van der Waals surface area contributed by atoms with Crippen LogP contribution in [0.2, 0.25) is 0 Å². The van der Waals surface area contributed by atoms with Gasteiger partial charge in [-0.25, -0.2) is 9.78 Å². The monoisotopic (exact) mass is 465 g/mol. The Morgan fingerprint density at radius 2 is 1.91 bits per heavy atom. The molecule has 9 heteroatoms. The van der Waals surface area contributed by atoms with Crippen LogP contribution in [0.15, 0.2) is 62.9 Å². The SMILES string of the molecule is CCCCn1c(SCC(=O)Nc2ccccc2C(=O)OC)nc2c(oc3ccccc32)c1=O. The number of carbonyl (C=O) groups excluding carboxylic acids is 2. The van der Waals surface area contributed by atoms with Gasteiger partial charge in [-0.2, -0.15) is 0 Å². The molecule has 2 aromatic heterocycles. The first kappa shape index (κ1) is 22.6. The van der Waals surface area contributed by atoms with Gasteiger partial charge in [0, 0.05) is 11.9 Å². The number of carbonyl (C=O) groups is 2. The summed E-state index contributed by atoms with van der Waals surface area (Å²) in [6.07, 6.45) is 1.69. The van der Waals surface area contributed by atoms with E-state index in [0.29, 0.717) is 28.5 Å². The van der Waals surface area contributed by atoms with Crippen molar-refractivity contribution in [2.75, 3.05) is 18.2 Å². The number of nitrogens with zero attached hydrogens (tertiary/aromatic N) is 2. The summed E-state index contributed by atoms with van der Waals surface area (Å²) in [6.45, 7) is 2.52. The zero-order chi connectivity index (χ0) is 23.4. The van der Waals surface area contributed by atoms with Crippen molar-refractivity contribution in [3.63, 3.8) is 0 Å². The van der Waals surface area contributed by atoms with E-state index < -0.39 is 5.97 Å². The number of benzene rings is 2. The molecule has 4 aromatic rings. The maximum atomic E-state index is 13.2. The fraction of sp³-hybridized carbons (Fsp3) is 0.250. The van der Waals surface area contributed by atoms with Crippen LogP contribution in [-0.4, -0.2) is 34.3 Å². The van der Waals surface area contributed by atoms with Gasteiger partial charge in [-0.3, -0.25) is 14.2 Å². The second kappa shape index (κ2) is 9.91. The number of unbranched alkanes of at least 4 members (excludes halogenated alkanes) is 1. The third-order valence-electron chi connectivity index (χ3n) is 5.12. The van der Waals surface area contributed by atoms with E-state index in [9.17, 15) is 14.4 Å². The van der Waals surface area contributed by atoms with Crippen LogP contribution in [0.3, 0.4) is 0 Å². The molecule has 8 nitrogen and oxygen atoms in total. The molecule has 0 saturated carbocycles. The Bertz CT molecular complexity index is 1390. The molecule has 170 valence electrons. The van der Waals surface area contributed by atoms with E-state index in [0.717, 1.165) is 18.2 Å². The molecule has 4 rings (SSSR count). The minimum atomic E-state index is -0.536. The topological polar surface area (TPSA) is 103 Å². The van der Waals surface area contributed by atoms with Crippen LogP contribution in [0, 0.1) is 0 Å². The number of hydrogen-bond donors (Lipinski definition) is 1. The number of aromatic nitrogens is 2. The minimum absolute atomic E-state index is 0.00929. The van der Waals surface area contributed by atoms with Crippen molar-refractivity contribution in [1.82, 2.24) is 9.55 Å². The number of anilines is 1. The number of furan rings is 1. The molecule has 1 amide bonds. The number of fused-ring (bicyclic) bond motifs is 3. The third-order valence-corrected chi connectivity index (χ3v) is 6.10. The van der Waals surface area contributed by atoms with Gasteiger partial charge >= 0.3 is 5.97 Å². The summed E-state index contributed by atoms with van der Waals surface area (Å²) in [6, 6.07) is 14.0. The van der Waals surface area contributed by atoms with Crippen molar-refractivity contribution in [2.24, 2.45) is 0 Å². The summed E-state index contributed by atoms with van der Waals surface area (Å²) in [5, 5.41) is 3.94. The van der Waals surface area contributed by atoms with Gasteiger partial charge < -0.3 is 14.5 Å². The van der Waals surface area contributed by atoms with Gasteiger partial charge in [0.1, 0.15) is 11.1 Å². The quantitative estimate of drug-likeness (QED) is 0.233. The number of para-hydroxylation sites is 2. The number of esters is 1. The summed E-state index contributed by atoms with van der Waals surface area (Å²) in [4.78, 5) is 42.5. The van der Waals surface area contributed by atoms with Crippen LogP contribution in [0.5, 0.6) is 0 Å². The van der Waals surface area contributed by atoms with Crippen LogP contribution >= 0.6 is 11.8 Å². The average molecular weight is 466 g/mol. The number of rotatable bonds is 8. The van der Waals surface area contributed by atoms with Crippen molar-refractivity contribution in [1.29, 1.82) is 0 Å². The van der Waals surface area contributed by atoms with Crippen molar-refractivity contribution < 1.29 is 18.7 Å². The lowest BCUT2D eigenvalue weighted by atomic mass is 10.2. The predicted octanol–water partition coefficient (Wildman–Crippen LogP) is 4.46. The molecule has 0 aliphatic carbocycles. The van der Waals surface area contributed by atoms with E-state index in [1.54, 1.807) is 34.9 Å². The Morgan fingerprint density at radius 3 is 2.70 bits per heavy atom. The Kier molecular flexibility index (Phi) is 6.79. The van der Waals surface area contributed by atoms with Crippen LogP contribution in [0.25, 0.3) is 22.1 Å². The first-order valence-electron chi connectivity index (χ1n) is 10.6. The second-order valence-electron chi connectivity index (χ2n) is 7.35. The summed E-state index contributed by atoms with van der Waals surface area (Å²) in [7, 11) is 1.29. The summed E-state index contributed by atoms with van der Waals surface area (Å²) < 4.78 is 12.1. The van der Waals surface area contributed by atoms with Crippen molar-refractivity contribution in [3.05, 3.63) is 64.4 Å². The molecule has 0 atom stereocenters. The van der Waals surface area contributed by atoms with E-state index in [4.69, 9.17) is 14.1 Å². The summed E-state index contributed by atoms with van der Waals surface area (Å²) >= 11 is 1.17. The molecule has 0 aliphatic heterocycles. The average Bonchev–Trinajstić information content (AvgIpc) is 3.21. The summed E-state index contributed by atoms with van der Waals surface area (Å²) in [5.74, 6) is -0.856. The molecular weight excluding hydrogens is 442 g/mol. The zero-order valence-corrected chi connectivity index (χ0v) is 19.1. The molecule has 33 heavy (non-hydrogen) atoms. The molecule has 0 spiro atoms. The number of methoxy groups -OCH3 is 1. The Labute approximate surface area is 193 Å². The van der Waals surface area contributed by atoms with Crippen molar-refractivity contribution in [3.8, 4) is 0 Å². The largest absolute Gasteiger partial charge is 0.465 e. The smallest absolute Gasteiger partial charge is 0.339 e. The maximum Gasteiger partial charge on any atom is 0.339 e. The molecule has 0 saturated heterocycles. The predicted molar refractivity (Wildman–Crippen MR) is 128 cm³/mol. The fourth-order valence-corrected chi connectivity index (χ4v) is 4.29. The number of hydrogen-bond acceptors (Lipinski definition) is 7. The maximum absolute atomic E-state index is 13.2. The lowest BCUT2D eigenvalue weighted by molar-refractivity contribution is -0.113. The van der Waals surface area contributed by atoms with Gasteiger partial charge in [-0.05, 0) is 30.7 Å². The van der Waals surface area contributed by atoms with Crippen LogP contribution in [0.1, 0.15) is 30.1 Å². The van der Waals surface area contributed by atoms with Crippen LogP contribution < -0.4 is 10.9 Å². The molecule has 2 heterocycles. The number of amides is 1. The number of nitrogens with one attached hydrogen (secondary N) is 1. The van der Waals surface area contributed by atoms with Gasteiger partial charge in [0.25, 0.3) is 5.56 Å².